The third kappa shape index (κ3) is 4.55. The van der Waals surface area contributed by atoms with Crippen molar-refractivity contribution in [1.29, 1.82) is 0 Å². The molecule has 1 aromatic carbocycles. The largest absolute Gasteiger partial charge is 0.354 e. The Hall–Kier alpha value is -2.52. The predicted molar refractivity (Wildman–Crippen MR) is 97.2 cm³/mol. The normalized spacial score (nSPS) is 14.4. The van der Waals surface area contributed by atoms with E-state index in [0.29, 0.717) is 24.5 Å². The lowest BCUT2D eigenvalue weighted by Gasteiger charge is -2.14. The molecule has 1 aromatic heterocycles. The van der Waals surface area contributed by atoms with Crippen molar-refractivity contribution in [3.63, 3.8) is 0 Å². The number of hydrogen-bond acceptors (Lipinski definition) is 6. The van der Waals surface area contributed by atoms with Crippen LogP contribution in [0.3, 0.4) is 0 Å². The average Bonchev–Trinajstić information content (AvgIpc) is 3.16. The first kappa shape index (κ1) is 18.3. The number of primary sulfonamides is 1. The highest BCUT2D eigenvalue weighted by Crippen LogP contribution is 2.13. The number of nitrogens with two attached hydrogens (primary N) is 1. The van der Waals surface area contributed by atoms with E-state index < -0.39 is 10.0 Å². The van der Waals surface area contributed by atoms with E-state index in [1.807, 2.05) is 4.90 Å². The van der Waals surface area contributed by atoms with Crippen molar-refractivity contribution in [2.75, 3.05) is 25.0 Å². The molecule has 1 fully saturated rings. The number of likely N-dealkylation sites (tertiary alicyclic amines) is 1. The minimum atomic E-state index is -3.67. The van der Waals surface area contributed by atoms with E-state index in [9.17, 15) is 13.2 Å². The van der Waals surface area contributed by atoms with Crippen molar-refractivity contribution in [2.45, 2.75) is 24.2 Å². The van der Waals surface area contributed by atoms with Crippen LogP contribution >= 0.6 is 0 Å². The average molecular weight is 375 g/mol. The van der Waals surface area contributed by atoms with Crippen LogP contribution in [0.4, 0.5) is 5.95 Å². The number of nitrogens with zero attached hydrogens (tertiary/aromatic N) is 3. The molecule has 1 aliphatic heterocycles. The van der Waals surface area contributed by atoms with Crippen LogP contribution in [0, 0.1) is 0 Å². The number of sulfonamides is 1. The van der Waals surface area contributed by atoms with Gasteiger partial charge in [0.15, 0.2) is 0 Å². The van der Waals surface area contributed by atoms with Crippen LogP contribution in [0.25, 0.3) is 0 Å². The lowest BCUT2D eigenvalue weighted by Crippen LogP contribution is -2.27. The van der Waals surface area contributed by atoms with E-state index in [1.54, 1.807) is 12.1 Å². The summed E-state index contributed by atoms with van der Waals surface area (Å²) in [6.07, 6.45) is 5.84. The number of rotatable bonds is 6. The minimum absolute atomic E-state index is 0.0241. The van der Waals surface area contributed by atoms with Gasteiger partial charge in [0.25, 0.3) is 5.91 Å². The quantitative estimate of drug-likeness (QED) is 0.778. The number of carbonyl (C=O) groups excluding carboxylic acids is 1. The van der Waals surface area contributed by atoms with Gasteiger partial charge in [-0.1, -0.05) is 12.1 Å². The van der Waals surface area contributed by atoms with Crippen LogP contribution in [0.1, 0.15) is 28.8 Å². The molecule has 0 saturated carbocycles. The third-order valence-corrected chi connectivity index (χ3v) is 5.17. The van der Waals surface area contributed by atoms with Gasteiger partial charge in [-0.2, -0.15) is 0 Å². The highest BCUT2D eigenvalue weighted by molar-refractivity contribution is 7.89. The molecule has 1 saturated heterocycles. The smallest absolute Gasteiger partial charge is 0.256 e. The maximum Gasteiger partial charge on any atom is 0.256 e. The third-order valence-electron chi connectivity index (χ3n) is 4.24. The van der Waals surface area contributed by atoms with Gasteiger partial charge in [-0.15, -0.1) is 0 Å². The van der Waals surface area contributed by atoms with Crippen LogP contribution < -0.4 is 10.5 Å². The SMILES string of the molecule is NS(=O)(=O)c1ccc(CCNc2ncc(C(=O)N3CCCC3)cn2)cc1. The molecule has 0 bridgehead atoms. The second-order valence-corrected chi connectivity index (χ2v) is 7.72. The second-order valence-electron chi connectivity index (χ2n) is 6.16. The Morgan fingerprint density at radius 1 is 1.12 bits per heavy atom. The molecule has 0 spiro atoms. The van der Waals surface area contributed by atoms with Gasteiger partial charge in [-0.05, 0) is 37.0 Å². The van der Waals surface area contributed by atoms with E-state index in [2.05, 4.69) is 15.3 Å². The lowest BCUT2D eigenvalue weighted by molar-refractivity contribution is 0.0792. The Bertz CT molecular complexity index is 860. The van der Waals surface area contributed by atoms with Gasteiger partial charge in [-0.3, -0.25) is 4.79 Å². The van der Waals surface area contributed by atoms with Crippen LogP contribution in [0.15, 0.2) is 41.6 Å². The maximum absolute atomic E-state index is 12.2. The van der Waals surface area contributed by atoms with Crippen molar-refractivity contribution in [3.8, 4) is 0 Å². The Balaban J connectivity index is 1.51. The standard InChI is InChI=1S/C17H21N5O3S/c18-26(24,25)15-5-3-13(4-6-15)7-8-19-17-20-11-14(12-21-17)16(23)22-9-1-2-10-22/h3-6,11-12H,1-2,7-10H2,(H2,18,24,25)(H,19,20,21). The molecule has 2 aromatic rings. The van der Waals surface area contributed by atoms with Crippen molar-refractivity contribution in [3.05, 3.63) is 47.8 Å². The fourth-order valence-electron chi connectivity index (χ4n) is 2.80. The number of nitrogens with one attached hydrogen (secondary N) is 1. The van der Waals surface area contributed by atoms with Crippen molar-refractivity contribution < 1.29 is 13.2 Å². The summed E-state index contributed by atoms with van der Waals surface area (Å²) in [5, 5.41) is 8.16. The van der Waals surface area contributed by atoms with E-state index in [0.717, 1.165) is 31.5 Å². The molecular formula is C17H21N5O3S. The molecule has 138 valence electrons. The van der Waals surface area contributed by atoms with E-state index in [4.69, 9.17) is 5.14 Å². The molecule has 9 heteroatoms. The highest BCUT2D eigenvalue weighted by Gasteiger charge is 2.19. The summed E-state index contributed by atoms with van der Waals surface area (Å²) >= 11 is 0. The number of anilines is 1. The van der Waals surface area contributed by atoms with Crippen LogP contribution in [0.5, 0.6) is 0 Å². The Kier molecular flexibility index (Phi) is 5.48. The molecule has 1 amide bonds. The first-order valence-electron chi connectivity index (χ1n) is 8.40. The van der Waals surface area contributed by atoms with Crippen molar-refractivity contribution in [2.24, 2.45) is 5.14 Å². The Morgan fingerprint density at radius 2 is 1.73 bits per heavy atom. The molecule has 0 aliphatic carbocycles. The number of carbonyl (C=O) groups is 1. The Labute approximate surface area is 152 Å². The summed E-state index contributed by atoms with van der Waals surface area (Å²) in [5.74, 6) is 0.424. The molecule has 2 heterocycles. The number of amides is 1. The molecule has 8 nitrogen and oxygen atoms in total. The van der Waals surface area contributed by atoms with Gasteiger partial charge < -0.3 is 10.2 Å². The molecule has 1 aliphatic rings. The van der Waals surface area contributed by atoms with E-state index in [-0.39, 0.29) is 10.8 Å². The zero-order valence-corrected chi connectivity index (χ0v) is 15.1. The summed E-state index contributed by atoms with van der Waals surface area (Å²) in [4.78, 5) is 22.5. The molecule has 0 unspecified atom stereocenters. The zero-order chi connectivity index (χ0) is 18.6. The molecule has 3 N–H and O–H groups in total. The predicted octanol–water partition coefficient (Wildman–Crippen LogP) is 1.01. The van der Waals surface area contributed by atoms with E-state index in [1.165, 1.54) is 24.5 Å². The molecule has 26 heavy (non-hydrogen) atoms. The fourth-order valence-corrected chi connectivity index (χ4v) is 3.31. The summed E-state index contributed by atoms with van der Waals surface area (Å²) in [7, 11) is -3.67. The molecular weight excluding hydrogens is 354 g/mol. The zero-order valence-electron chi connectivity index (χ0n) is 14.3. The monoisotopic (exact) mass is 375 g/mol. The summed E-state index contributed by atoms with van der Waals surface area (Å²) in [6, 6.07) is 6.42. The van der Waals surface area contributed by atoms with Gasteiger partial charge in [-0.25, -0.2) is 23.5 Å². The maximum atomic E-state index is 12.2. The van der Waals surface area contributed by atoms with Gasteiger partial charge in [0.05, 0.1) is 10.5 Å². The summed E-state index contributed by atoms with van der Waals surface area (Å²) < 4.78 is 22.4. The van der Waals surface area contributed by atoms with Crippen LogP contribution in [-0.2, 0) is 16.4 Å². The summed E-state index contributed by atoms with van der Waals surface area (Å²) in [6.45, 7) is 2.17. The Morgan fingerprint density at radius 3 is 2.31 bits per heavy atom. The topological polar surface area (TPSA) is 118 Å². The molecule has 0 radical (unpaired) electrons. The first-order valence-corrected chi connectivity index (χ1v) is 9.95. The van der Waals surface area contributed by atoms with Crippen molar-refractivity contribution in [1.82, 2.24) is 14.9 Å². The van der Waals surface area contributed by atoms with Crippen LogP contribution in [0.2, 0.25) is 0 Å². The number of hydrogen-bond donors (Lipinski definition) is 2. The van der Waals surface area contributed by atoms with Crippen LogP contribution in [-0.4, -0.2) is 48.8 Å². The molecule has 3 rings (SSSR count). The number of benzene rings is 1. The van der Waals surface area contributed by atoms with E-state index >= 15 is 0 Å². The molecule has 0 atom stereocenters. The van der Waals surface area contributed by atoms with Gasteiger partial charge in [0.2, 0.25) is 16.0 Å². The van der Waals surface area contributed by atoms with Crippen molar-refractivity contribution >= 4 is 21.9 Å². The fraction of sp³-hybridized carbons (Fsp3) is 0.353. The number of aromatic nitrogens is 2. The van der Waals surface area contributed by atoms with Gasteiger partial charge in [0.1, 0.15) is 0 Å². The second kappa shape index (κ2) is 7.79. The summed E-state index contributed by atoms with van der Waals surface area (Å²) in [5.41, 5.74) is 1.46. The van der Waals surface area contributed by atoms with Gasteiger partial charge in [0, 0.05) is 32.0 Å². The minimum Gasteiger partial charge on any atom is -0.354 e. The lowest BCUT2D eigenvalue weighted by atomic mass is 10.1. The highest BCUT2D eigenvalue weighted by atomic mass is 32.2. The van der Waals surface area contributed by atoms with Gasteiger partial charge >= 0.3 is 0 Å². The first-order chi connectivity index (χ1) is 12.4.